The van der Waals surface area contributed by atoms with Gasteiger partial charge in [0.25, 0.3) is 5.91 Å². The summed E-state index contributed by atoms with van der Waals surface area (Å²) in [5.41, 5.74) is 3.12. The van der Waals surface area contributed by atoms with Crippen LogP contribution in [0, 0.1) is 10.8 Å². The lowest BCUT2D eigenvalue weighted by molar-refractivity contribution is -0.217. The molecule has 0 aliphatic carbocycles. The Balaban J connectivity index is 1.59. The second kappa shape index (κ2) is 14.7. The number of halogens is 8. The summed E-state index contributed by atoms with van der Waals surface area (Å²) in [6.07, 6.45) is -2.41. The van der Waals surface area contributed by atoms with Crippen LogP contribution in [0.15, 0.2) is 66.2 Å². The van der Waals surface area contributed by atoms with Crippen LogP contribution in [0.1, 0.15) is 77.7 Å². The van der Waals surface area contributed by atoms with Crippen molar-refractivity contribution in [2.45, 2.75) is 78.3 Å². The highest BCUT2D eigenvalue weighted by Crippen LogP contribution is 2.46. The summed E-state index contributed by atoms with van der Waals surface area (Å²) < 4.78 is 101. The monoisotopic (exact) mass is 784 g/mol. The first-order valence-corrected chi connectivity index (χ1v) is 16.7. The van der Waals surface area contributed by atoms with Gasteiger partial charge in [0, 0.05) is 17.3 Å². The fourth-order valence-corrected chi connectivity index (χ4v) is 6.32. The number of hydrogen-bond acceptors (Lipinski definition) is 8. The molecule has 4 aromatic rings. The van der Waals surface area contributed by atoms with Crippen molar-refractivity contribution in [3.8, 4) is 22.5 Å². The van der Waals surface area contributed by atoms with E-state index in [-0.39, 0.29) is 34.4 Å². The molecule has 1 aliphatic rings. The van der Waals surface area contributed by atoms with Crippen LogP contribution < -0.4 is 5.73 Å². The van der Waals surface area contributed by atoms with Crippen molar-refractivity contribution in [3.63, 3.8) is 0 Å². The summed E-state index contributed by atoms with van der Waals surface area (Å²) in [4.78, 5) is 37.4. The molecule has 0 fully saturated rings. The number of aromatic nitrogens is 5. The maximum absolute atomic E-state index is 14.9. The smallest absolute Gasteiger partial charge is 0.394 e. The fourth-order valence-electron chi connectivity index (χ4n) is 6.12. The second-order valence-corrected chi connectivity index (χ2v) is 15.0. The third-order valence-electron chi connectivity index (χ3n) is 8.85. The predicted octanol–water partition coefficient (Wildman–Crippen LogP) is 8.30. The molecule has 2 aromatic heterocycles. The topological polar surface area (TPSA) is 134 Å². The Hall–Kier alpha value is -5.00. The SMILES string of the molecule is CC(C)(C)C[C@]1(c2ccc(-c3cnn(C(F)F)c3)cc2)N=C(N)N([C@H](COC(=O)CC(C)(C)C(F)(F)F)c2ccc(Cl)c(-c3ncnn3C(F)F)c2)C1=O. The first-order chi connectivity index (χ1) is 25.0. The van der Waals surface area contributed by atoms with Gasteiger partial charge in [0.15, 0.2) is 17.3 Å². The van der Waals surface area contributed by atoms with Gasteiger partial charge in [0.2, 0.25) is 0 Å². The molecule has 11 nitrogen and oxygen atoms in total. The highest BCUT2D eigenvalue weighted by atomic mass is 35.5. The fraction of sp³-hybridized carbons (Fsp3) is 0.429. The average molecular weight is 785 g/mol. The molecule has 5 rings (SSSR count). The number of amides is 1. The van der Waals surface area contributed by atoms with Crippen LogP contribution in [-0.4, -0.2) is 60.1 Å². The normalized spacial score (nSPS) is 17.4. The molecule has 0 radical (unpaired) electrons. The number of benzene rings is 2. The van der Waals surface area contributed by atoms with E-state index in [0.717, 1.165) is 31.3 Å². The van der Waals surface area contributed by atoms with Gasteiger partial charge in [-0.3, -0.25) is 14.5 Å². The molecule has 54 heavy (non-hydrogen) atoms. The van der Waals surface area contributed by atoms with Gasteiger partial charge in [-0.25, -0.2) is 14.7 Å². The third-order valence-corrected chi connectivity index (χ3v) is 9.18. The van der Waals surface area contributed by atoms with Crippen molar-refractivity contribution in [1.82, 2.24) is 29.4 Å². The average Bonchev–Trinajstić information content (AvgIpc) is 3.81. The Bertz CT molecular complexity index is 2040. The van der Waals surface area contributed by atoms with Crippen LogP contribution in [0.5, 0.6) is 0 Å². The molecule has 2 atom stereocenters. The van der Waals surface area contributed by atoms with Gasteiger partial charge in [-0.1, -0.05) is 76.6 Å². The molecule has 1 amide bonds. The zero-order valence-corrected chi connectivity index (χ0v) is 30.3. The Morgan fingerprint density at radius 1 is 0.963 bits per heavy atom. The summed E-state index contributed by atoms with van der Waals surface area (Å²) in [5.74, 6) is -2.61. The lowest BCUT2D eigenvalue weighted by atomic mass is 9.75. The van der Waals surface area contributed by atoms with E-state index < -0.39 is 66.6 Å². The molecular formula is C35H36ClF7N8O3. The summed E-state index contributed by atoms with van der Waals surface area (Å²) in [6, 6.07) is 9.05. The molecule has 0 spiro atoms. The van der Waals surface area contributed by atoms with Crippen LogP contribution >= 0.6 is 11.6 Å². The maximum atomic E-state index is 14.9. The third kappa shape index (κ3) is 8.07. The zero-order valence-electron chi connectivity index (χ0n) is 29.6. The Morgan fingerprint density at radius 2 is 1.63 bits per heavy atom. The molecule has 2 N–H and O–H groups in total. The standard InChI is InChI=1S/C35H36ClF7N8O3/c1-32(2,3)17-34(22-9-6-19(7-10-22)21-14-46-49(15-21)29(37)38)28(53)50(31(44)48-34)25(16-54-26(52)13-33(4,5)35(41,42)43)20-8-11-24(36)23(12-20)27-45-18-47-51(27)30(39)40/h6-12,14-15,18,25,29-30H,13,16-17H2,1-5H3,(H2,44,48)/t25-,34-/m1/s1. The summed E-state index contributed by atoms with van der Waals surface area (Å²) in [5, 5.41) is 7.16. The molecule has 19 heteroatoms. The van der Waals surface area contributed by atoms with Gasteiger partial charge >= 0.3 is 25.2 Å². The van der Waals surface area contributed by atoms with Gasteiger partial charge in [0.1, 0.15) is 12.9 Å². The number of rotatable bonds is 12. The van der Waals surface area contributed by atoms with Crippen molar-refractivity contribution < 1.29 is 45.1 Å². The van der Waals surface area contributed by atoms with Crippen LogP contribution in [-0.2, 0) is 19.9 Å². The minimum Gasteiger partial charge on any atom is -0.463 e. The highest BCUT2D eigenvalue weighted by Gasteiger charge is 2.53. The van der Waals surface area contributed by atoms with E-state index in [1.165, 1.54) is 24.4 Å². The molecule has 1 aliphatic heterocycles. The lowest BCUT2D eigenvalue weighted by Crippen LogP contribution is -2.47. The Labute approximate surface area is 309 Å². The lowest BCUT2D eigenvalue weighted by Gasteiger charge is -2.35. The van der Waals surface area contributed by atoms with E-state index in [1.807, 2.05) is 20.8 Å². The van der Waals surface area contributed by atoms with E-state index in [9.17, 15) is 40.3 Å². The van der Waals surface area contributed by atoms with Crippen LogP contribution in [0.3, 0.4) is 0 Å². The zero-order chi connectivity index (χ0) is 40.0. The number of carbonyl (C=O) groups is 2. The highest BCUT2D eigenvalue weighted by molar-refractivity contribution is 6.33. The Morgan fingerprint density at radius 3 is 2.20 bits per heavy atom. The number of esters is 1. The summed E-state index contributed by atoms with van der Waals surface area (Å²) >= 11 is 6.41. The number of nitrogens with zero attached hydrogens (tertiary/aromatic N) is 7. The van der Waals surface area contributed by atoms with Crippen molar-refractivity contribution in [3.05, 3.63) is 77.3 Å². The van der Waals surface area contributed by atoms with Crippen LogP contribution in [0.25, 0.3) is 22.5 Å². The number of ether oxygens (including phenoxy) is 1. The van der Waals surface area contributed by atoms with E-state index in [1.54, 1.807) is 24.3 Å². The minimum atomic E-state index is -4.75. The number of aliphatic imine (C=N–C) groups is 1. The van der Waals surface area contributed by atoms with E-state index >= 15 is 0 Å². The molecule has 0 saturated heterocycles. The van der Waals surface area contributed by atoms with E-state index in [2.05, 4.69) is 20.2 Å². The number of alkyl halides is 7. The first kappa shape index (κ1) is 40.2. The van der Waals surface area contributed by atoms with Crippen molar-refractivity contribution in [2.24, 2.45) is 21.6 Å². The van der Waals surface area contributed by atoms with Crippen molar-refractivity contribution >= 4 is 29.4 Å². The molecule has 290 valence electrons. The van der Waals surface area contributed by atoms with Gasteiger partial charge in [0.05, 0.1) is 29.1 Å². The second-order valence-electron chi connectivity index (χ2n) is 14.6. The Kier molecular flexibility index (Phi) is 10.9. The molecule has 0 bridgehead atoms. The first-order valence-electron chi connectivity index (χ1n) is 16.4. The van der Waals surface area contributed by atoms with E-state index in [0.29, 0.717) is 26.1 Å². The number of nitrogens with two attached hydrogens (primary N) is 1. The molecule has 0 unspecified atom stereocenters. The summed E-state index contributed by atoms with van der Waals surface area (Å²) in [6.45, 7) is 0.556. The molecular weight excluding hydrogens is 749 g/mol. The number of hydrogen-bond donors (Lipinski definition) is 1. The molecule has 3 heterocycles. The minimum absolute atomic E-state index is 0.0352. The summed E-state index contributed by atoms with van der Waals surface area (Å²) in [7, 11) is 0. The van der Waals surface area contributed by atoms with Crippen molar-refractivity contribution in [2.75, 3.05) is 6.61 Å². The van der Waals surface area contributed by atoms with Crippen molar-refractivity contribution in [1.29, 1.82) is 0 Å². The predicted molar refractivity (Wildman–Crippen MR) is 183 cm³/mol. The number of carbonyl (C=O) groups excluding carboxylic acids is 2. The van der Waals surface area contributed by atoms with Gasteiger partial charge < -0.3 is 10.5 Å². The van der Waals surface area contributed by atoms with Gasteiger partial charge in [-0.05, 0) is 40.7 Å². The molecule has 2 aromatic carbocycles. The van der Waals surface area contributed by atoms with Gasteiger partial charge in [-0.15, -0.1) is 0 Å². The largest absolute Gasteiger partial charge is 0.463 e. The van der Waals surface area contributed by atoms with Crippen LogP contribution in [0.4, 0.5) is 30.7 Å². The van der Waals surface area contributed by atoms with Crippen LogP contribution in [0.2, 0.25) is 5.02 Å². The molecule has 0 saturated carbocycles. The number of guanidine groups is 1. The van der Waals surface area contributed by atoms with E-state index in [4.69, 9.17) is 22.1 Å². The van der Waals surface area contributed by atoms with Gasteiger partial charge in [-0.2, -0.15) is 45.6 Å². The quantitative estimate of drug-likeness (QED) is 0.113. The maximum Gasteiger partial charge on any atom is 0.394 e.